The van der Waals surface area contributed by atoms with Gasteiger partial charge in [-0.05, 0) is 26.0 Å². The number of anilines is 1. The maximum Gasteiger partial charge on any atom is 0.163 e. The minimum Gasteiger partial charge on any atom is -0.360 e. The van der Waals surface area contributed by atoms with Gasteiger partial charge in [0.05, 0.1) is 6.04 Å². The fourth-order valence-electron chi connectivity index (χ4n) is 1.98. The van der Waals surface area contributed by atoms with Crippen LogP contribution in [-0.4, -0.2) is 30.1 Å². The van der Waals surface area contributed by atoms with Crippen molar-refractivity contribution in [2.75, 3.05) is 5.32 Å². The van der Waals surface area contributed by atoms with Crippen LogP contribution in [0.15, 0.2) is 36.9 Å². The molecule has 3 rings (SSSR count). The molecule has 1 atom stereocenters. The zero-order chi connectivity index (χ0) is 14.7. The van der Waals surface area contributed by atoms with Gasteiger partial charge in [0.25, 0.3) is 0 Å². The van der Waals surface area contributed by atoms with E-state index < -0.39 is 0 Å². The van der Waals surface area contributed by atoms with Crippen molar-refractivity contribution >= 4 is 5.82 Å². The molecule has 0 fully saturated rings. The van der Waals surface area contributed by atoms with Gasteiger partial charge in [-0.25, -0.2) is 15.0 Å². The Morgan fingerprint density at radius 3 is 2.90 bits per heavy atom. The Kier molecular flexibility index (Phi) is 3.55. The summed E-state index contributed by atoms with van der Waals surface area (Å²) in [6.45, 7) is 3.92. The second kappa shape index (κ2) is 5.66. The molecule has 0 saturated carbocycles. The number of aryl methyl sites for hydroxylation is 1. The number of H-pyrrole nitrogens is 1. The summed E-state index contributed by atoms with van der Waals surface area (Å²) in [5.41, 5.74) is 1.77. The van der Waals surface area contributed by atoms with Crippen molar-refractivity contribution in [3.63, 3.8) is 0 Å². The van der Waals surface area contributed by atoms with Crippen LogP contribution in [0.2, 0.25) is 0 Å². The Morgan fingerprint density at radius 2 is 2.19 bits per heavy atom. The maximum atomic E-state index is 4.53. The van der Waals surface area contributed by atoms with Crippen LogP contribution in [0.25, 0.3) is 11.4 Å². The molecule has 0 aliphatic heterocycles. The SMILES string of the molecule is Cc1cc(NC(C)c2ncn[nH]2)nc(-c2cccnc2)n1. The lowest BCUT2D eigenvalue weighted by Gasteiger charge is -2.13. The summed E-state index contributed by atoms with van der Waals surface area (Å²) < 4.78 is 0. The first kappa shape index (κ1) is 13.2. The van der Waals surface area contributed by atoms with Crippen LogP contribution in [0.5, 0.6) is 0 Å². The van der Waals surface area contributed by atoms with Gasteiger partial charge < -0.3 is 5.32 Å². The number of aromatic nitrogens is 6. The monoisotopic (exact) mass is 281 g/mol. The molecule has 0 aliphatic rings. The van der Waals surface area contributed by atoms with E-state index in [9.17, 15) is 0 Å². The molecular weight excluding hydrogens is 266 g/mol. The molecule has 3 aromatic rings. The summed E-state index contributed by atoms with van der Waals surface area (Å²) in [4.78, 5) is 17.2. The molecule has 3 aromatic heterocycles. The Hall–Kier alpha value is -2.83. The number of pyridine rings is 1. The van der Waals surface area contributed by atoms with Crippen molar-refractivity contribution in [1.29, 1.82) is 0 Å². The molecule has 3 heterocycles. The van der Waals surface area contributed by atoms with E-state index in [2.05, 4.69) is 35.5 Å². The van der Waals surface area contributed by atoms with Gasteiger partial charge in [0, 0.05) is 29.7 Å². The highest BCUT2D eigenvalue weighted by Crippen LogP contribution is 2.19. The molecule has 0 radical (unpaired) electrons. The lowest BCUT2D eigenvalue weighted by atomic mass is 10.2. The third kappa shape index (κ3) is 3.02. The van der Waals surface area contributed by atoms with E-state index in [4.69, 9.17) is 0 Å². The third-order valence-corrected chi connectivity index (χ3v) is 2.98. The van der Waals surface area contributed by atoms with Gasteiger partial charge in [-0.1, -0.05) is 0 Å². The van der Waals surface area contributed by atoms with Crippen molar-refractivity contribution in [3.8, 4) is 11.4 Å². The molecule has 0 aromatic carbocycles. The number of nitrogens with one attached hydrogen (secondary N) is 2. The van der Waals surface area contributed by atoms with E-state index in [1.54, 1.807) is 12.4 Å². The van der Waals surface area contributed by atoms with Gasteiger partial charge >= 0.3 is 0 Å². The fraction of sp³-hybridized carbons (Fsp3) is 0.214. The second-order valence-corrected chi connectivity index (χ2v) is 4.70. The number of nitrogens with zero attached hydrogens (tertiary/aromatic N) is 5. The standard InChI is InChI=1S/C14H15N7/c1-9-6-12(19-10(2)13-16-8-17-21-13)20-14(18-9)11-4-3-5-15-7-11/h3-8,10H,1-2H3,(H,16,17,21)(H,18,19,20). The number of hydrogen-bond acceptors (Lipinski definition) is 6. The molecule has 7 nitrogen and oxygen atoms in total. The highest BCUT2D eigenvalue weighted by molar-refractivity contribution is 5.56. The largest absolute Gasteiger partial charge is 0.360 e. The number of aromatic amines is 1. The first-order chi connectivity index (χ1) is 10.2. The zero-order valence-electron chi connectivity index (χ0n) is 11.8. The van der Waals surface area contributed by atoms with Crippen molar-refractivity contribution in [2.45, 2.75) is 19.9 Å². The summed E-state index contributed by atoms with van der Waals surface area (Å²) in [7, 11) is 0. The van der Waals surface area contributed by atoms with Gasteiger partial charge in [-0.15, -0.1) is 0 Å². The van der Waals surface area contributed by atoms with Gasteiger partial charge in [0.1, 0.15) is 18.0 Å². The lowest BCUT2D eigenvalue weighted by molar-refractivity contribution is 0.789. The summed E-state index contributed by atoms with van der Waals surface area (Å²) in [6.07, 6.45) is 4.96. The molecule has 0 bridgehead atoms. The first-order valence-electron chi connectivity index (χ1n) is 6.60. The normalized spacial score (nSPS) is 12.1. The molecule has 21 heavy (non-hydrogen) atoms. The van der Waals surface area contributed by atoms with Crippen LogP contribution < -0.4 is 5.32 Å². The smallest absolute Gasteiger partial charge is 0.163 e. The van der Waals surface area contributed by atoms with Crippen LogP contribution in [0.4, 0.5) is 5.82 Å². The predicted octanol–water partition coefficient (Wildman–Crippen LogP) is 2.14. The van der Waals surface area contributed by atoms with E-state index in [0.717, 1.165) is 22.9 Å². The minimum atomic E-state index is -0.0245. The summed E-state index contributed by atoms with van der Waals surface area (Å²) in [5, 5.41) is 9.98. The van der Waals surface area contributed by atoms with E-state index >= 15 is 0 Å². The van der Waals surface area contributed by atoms with Crippen LogP contribution in [-0.2, 0) is 0 Å². The van der Waals surface area contributed by atoms with Crippen molar-refractivity contribution in [2.24, 2.45) is 0 Å². The summed E-state index contributed by atoms with van der Waals surface area (Å²) in [6, 6.07) is 5.67. The molecule has 0 saturated heterocycles. The summed E-state index contributed by atoms with van der Waals surface area (Å²) in [5.74, 6) is 2.15. The van der Waals surface area contributed by atoms with Gasteiger partial charge in [0.2, 0.25) is 0 Å². The van der Waals surface area contributed by atoms with E-state index in [0.29, 0.717) is 5.82 Å². The van der Waals surface area contributed by atoms with Crippen molar-refractivity contribution in [1.82, 2.24) is 30.1 Å². The average Bonchev–Trinajstić information content (AvgIpc) is 3.02. The average molecular weight is 281 g/mol. The Bertz CT molecular complexity index is 709. The molecule has 0 aliphatic carbocycles. The van der Waals surface area contributed by atoms with E-state index in [1.807, 2.05) is 32.0 Å². The summed E-state index contributed by atoms with van der Waals surface area (Å²) >= 11 is 0. The van der Waals surface area contributed by atoms with Gasteiger partial charge in [-0.3, -0.25) is 10.1 Å². The van der Waals surface area contributed by atoms with Gasteiger partial charge in [0.15, 0.2) is 5.82 Å². The second-order valence-electron chi connectivity index (χ2n) is 4.70. The zero-order valence-corrected chi connectivity index (χ0v) is 11.8. The molecule has 2 N–H and O–H groups in total. The number of rotatable bonds is 4. The van der Waals surface area contributed by atoms with E-state index in [-0.39, 0.29) is 6.04 Å². The van der Waals surface area contributed by atoms with Crippen molar-refractivity contribution < 1.29 is 0 Å². The van der Waals surface area contributed by atoms with Crippen LogP contribution in [0, 0.1) is 6.92 Å². The minimum absolute atomic E-state index is 0.0245. The van der Waals surface area contributed by atoms with Crippen LogP contribution in [0.3, 0.4) is 0 Å². The Balaban J connectivity index is 1.88. The van der Waals surface area contributed by atoms with Crippen LogP contribution in [0.1, 0.15) is 24.5 Å². The maximum absolute atomic E-state index is 4.53. The highest BCUT2D eigenvalue weighted by Gasteiger charge is 2.11. The van der Waals surface area contributed by atoms with E-state index in [1.165, 1.54) is 6.33 Å². The third-order valence-electron chi connectivity index (χ3n) is 2.98. The first-order valence-corrected chi connectivity index (χ1v) is 6.60. The molecule has 1 unspecified atom stereocenters. The molecule has 7 heteroatoms. The molecule has 0 amide bonds. The van der Waals surface area contributed by atoms with Gasteiger partial charge in [-0.2, -0.15) is 5.10 Å². The quantitative estimate of drug-likeness (QED) is 0.761. The Labute approximate surface area is 121 Å². The predicted molar refractivity (Wildman–Crippen MR) is 78.4 cm³/mol. The Morgan fingerprint density at radius 1 is 1.29 bits per heavy atom. The molecule has 106 valence electrons. The topological polar surface area (TPSA) is 92.3 Å². The van der Waals surface area contributed by atoms with Crippen LogP contribution >= 0.6 is 0 Å². The van der Waals surface area contributed by atoms with Crippen molar-refractivity contribution in [3.05, 3.63) is 48.4 Å². The lowest BCUT2D eigenvalue weighted by Crippen LogP contribution is -2.10. The molecule has 0 spiro atoms. The fourth-order valence-corrected chi connectivity index (χ4v) is 1.98. The number of hydrogen-bond donors (Lipinski definition) is 2. The highest BCUT2D eigenvalue weighted by atomic mass is 15.2. The molecular formula is C14H15N7.